The molecule has 0 unspecified atom stereocenters. The second-order valence-electron chi connectivity index (χ2n) is 5.31. The summed E-state index contributed by atoms with van der Waals surface area (Å²) in [6.45, 7) is 3.76. The van der Waals surface area contributed by atoms with Crippen LogP contribution in [0.1, 0.15) is 28.3 Å². The summed E-state index contributed by atoms with van der Waals surface area (Å²) in [5.41, 5.74) is 4.19. The zero-order valence-corrected chi connectivity index (χ0v) is 13.3. The molecule has 0 spiro atoms. The molecule has 3 rings (SSSR count). The minimum absolute atomic E-state index is 0.00701. The average Bonchev–Trinajstić information content (AvgIpc) is 3.07. The molecule has 0 aliphatic carbocycles. The molecular weight excluding hydrogens is 300 g/mol. The van der Waals surface area contributed by atoms with Gasteiger partial charge in [0.25, 0.3) is 5.91 Å². The van der Waals surface area contributed by atoms with E-state index >= 15 is 0 Å². The van der Waals surface area contributed by atoms with Crippen molar-refractivity contribution in [3.63, 3.8) is 0 Å². The van der Waals surface area contributed by atoms with Crippen LogP contribution in [-0.4, -0.2) is 51.6 Å². The Morgan fingerprint density at radius 1 is 1.45 bits per heavy atom. The number of hydrogen-bond acceptors (Lipinski definition) is 6. The maximum absolute atomic E-state index is 12.3. The molecule has 0 aromatic carbocycles. The second kappa shape index (κ2) is 6.93. The van der Waals surface area contributed by atoms with E-state index in [0.29, 0.717) is 25.4 Å². The predicted octanol–water partition coefficient (Wildman–Crippen LogP) is 1.72. The minimum atomic E-state index is -0.00701. The fraction of sp³-hybridized carbons (Fsp3) is 0.467. The predicted molar refractivity (Wildman–Crippen MR) is 82.8 cm³/mol. The minimum Gasteiger partial charge on any atom is -0.375 e. The molecule has 1 aliphatic heterocycles. The van der Waals surface area contributed by atoms with Crippen molar-refractivity contribution in [2.75, 3.05) is 19.7 Å². The van der Waals surface area contributed by atoms with E-state index in [-0.39, 0.29) is 12.0 Å². The highest BCUT2D eigenvalue weighted by Crippen LogP contribution is 2.14. The molecule has 7 heteroatoms. The van der Waals surface area contributed by atoms with Gasteiger partial charge in [-0.1, -0.05) is 0 Å². The van der Waals surface area contributed by atoms with E-state index in [1.807, 2.05) is 17.9 Å². The van der Waals surface area contributed by atoms with Gasteiger partial charge in [-0.2, -0.15) is 0 Å². The van der Waals surface area contributed by atoms with Crippen LogP contribution in [0.25, 0.3) is 0 Å². The van der Waals surface area contributed by atoms with Crippen molar-refractivity contribution in [3.8, 4) is 0 Å². The molecule has 1 saturated heterocycles. The van der Waals surface area contributed by atoms with Gasteiger partial charge < -0.3 is 9.64 Å². The van der Waals surface area contributed by atoms with Crippen LogP contribution in [-0.2, 0) is 11.2 Å². The van der Waals surface area contributed by atoms with Crippen molar-refractivity contribution in [2.24, 2.45) is 0 Å². The largest absolute Gasteiger partial charge is 0.375 e. The third-order valence-electron chi connectivity index (χ3n) is 3.66. The van der Waals surface area contributed by atoms with Crippen LogP contribution in [0.5, 0.6) is 0 Å². The summed E-state index contributed by atoms with van der Waals surface area (Å²) in [4.78, 5) is 26.6. The van der Waals surface area contributed by atoms with E-state index in [9.17, 15) is 4.79 Å². The summed E-state index contributed by atoms with van der Waals surface area (Å²) in [6.07, 6.45) is 3.31. The lowest BCUT2D eigenvalue weighted by Crippen LogP contribution is -2.45. The molecule has 1 amide bonds. The molecule has 1 atom stereocenters. The molecular formula is C15H18N4O2S. The number of nitrogens with zero attached hydrogens (tertiary/aromatic N) is 4. The van der Waals surface area contributed by atoms with Gasteiger partial charge in [0.2, 0.25) is 0 Å². The fourth-order valence-electron chi connectivity index (χ4n) is 2.51. The number of hydrogen-bond donors (Lipinski definition) is 0. The number of morpholine rings is 1. The number of amides is 1. The summed E-state index contributed by atoms with van der Waals surface area (Å²) in [6, 6.07) is 1.99. The average molecular weight is 318 g/mol. The smallest absolute Gasteiger partial charge is 0.273 e. The Labute approximate surface area is 133 Å². The normalized spacial score (nSPS) is 18.4. The third-order valence-corrected chi connectivity index (χ3v) is 4.25. The molecule has 1 aliphatic rings. The number of carbonyl (C=O) groups excluding carboxylic acids is 1. The maximum atomic E-state index is 12.3. The highest BCUT2D eigenvalue weighted by atomic mass is 32.1. The van der Waals surface area contributed by atoms with Crippen LogP contribution in [0.2, 0.25) is 0 Å². The van der Waals surface area contributed by atoms with Gasteiger partial charge in [0.15, 0.2) is 0 Å². The standard InChI is InChI=1S/C15H18N4O2S/c1-11-6-12(17-9-16-11)2-3-13-7-19(4-5-21-13)15(20)14-8-22-10-18-14/h6,8-10,13H,2-5,7H2,1H3/t13-/m0/s1. The Bertz CT molecular complexity index is 632. The van der Waals surface area contributed by atoms with Gasteiger partial charge in [0, 0.05) is 29.9 Å². The van der Waals surface area contributed by atoms with Crippen molar-refractivity contribution in [2.45, 2.75) is 25.9 Å². The van der Waals surface area contributed by atoms with Gasteiger partial charge in [-0.15, -0.1) is 11.3 Å². The first kappa shape index (κ1) is 15.1. The second-order valence-corrected chi connectivity index (χ2v) is 6.03. The van der Waals surface area contributed by atoms with Gasteiger partial charge in [-0.25, -0.2) is 15.0 Å². The molecule has 0 saturated carbocycles. The van der Waals surface area contributed by atoms with Gasteiger partial charge in [-0.3, -0.25) is 4.79 Å². The molecule has 0 bridgehead atoms. The van der Waals surface area contributed by atoms with E-state index in [1.165, 1.54) is 11.3 Å². The Hall–Kier alpha value is -1.86. The number of ether oxygens (including phenoxy) is 1. The Morgan fingerprint density at radius 2 is 2.36 bits per heavy atom. The maximum Gasteiger partial charge on any atom is 0.273 e. The molecule has 22 heavy (non-hydrogen) atoms. The number of aromatic nitrogens is 3. The van der Waals surface area contributed by atoms with E-state index in [0.717, 1.165) is 24.2 Å². The van der Waals surface area contributed by atoms with Gasteiger partial charge in [0.1, 0.15) is 12.0 Å². The Kier molecular flexibility index (Phi) is 4.74. The topological polar surface area (TPSA) is 68.2 Å². The van der Waals surface area contributed by atoms with E-state index in [4.69, 9.17) is 4.74 Å². The van der Waals surface area contributed by atoms with Gasteiger partial charge >= 0.3 is 0 Å². The van der Waals surface area contributed by atoms with Crippen LogP contribution >= 0.6 is 11.3 Å². The quantitative estimate of drug-likeness (QED) is 0.858. The summed E-state index contributed by atoms with van der Waals surface area (Å²) in [5.74, 6) is -0.00701. The number of rotatable bonds is 4. The van der Waals surface area contributed by atoms with E-state index in [2.05, 4.69) is 15.0 Å². The van der Waals surface area contributed by atoms with Crippen molar-refractivity contribution >= 4 is 17.2 Å². The monoisotopic (exact) mass is 318 g/mol. The van der Waals surface area contributed by atoms with Gasteiger partial charge in [0.05, 0.1) is 18.2 Å². The van der Waals surface area contributed by atoms with Crippen LogP contribution in [0, 0.1) is 6.92 Å². The van der Waals surface area contributed by atoms with Crippen LogP contribution in [0.4, 0.5) is 0 Å². The molecule has 0 radical (unpaired) electrons. The van der Waals surface area contributed by atoms with Crippen molar-refractivity contribution in [3.05, 3.63) is 40.4 Å². The lowest BCUT2D eigenvalue weighted by Gasteiger charge is -2.32. The molecule has 6 nitrogen and oxygen atoms in total. The summed E-state index contributed by atoms with van der Waals surface area (Å²) in [7, 11) is 0. The zero-order valence-electron chi connectivity index (χ0n) is 12.4. The van der Waals surface area contributed by atoms with E-state index in [1.54, 1.807) is 17.2 Å². The lowest BCUT2D eigenvalue weighted by atomic mass is 10.1. The Morgan fingerprint density at radius 3 is 3.14 bits per heavy atom. The van der Waals surface area contributed by atoms with Crippen molar-refractivity contribution in [1.82, 2.24) is 19.9 Å². The first-order valence-electron chi connectivity index (χ1n) is 7.29. The van der Waals surface area contributed by atoms with Gasteiger partial charge in [-0.05, 0) is 25.8 Å². The van der Waals surface area contributed by atoms with Crippen LogP contribution < -0.4 is 0 Å². The lowest BCUT2D eigenvalue weighted by molar-refractivity contribution is -0.0248. The number of aryl methyl sites for hydroxylation is 2. The van der Waals surface area contributed by atoms with Crippen molar-refractivity contribution in [1.29, 1.82) is 0 Å². The first-order chi connectivity index (χ1) is 10.7. The molecule has 116 valence electrons. The number of carbonyl (C=O) groups is 1. The fourth-order valence-corrected chi connectivity index (χ4v) is 3.04. The first-order valence-corrected chi connectivity index (χ1v) is 8.23. The molecule has 2 aromatic rings. The third kappa shape index (κ3) is 3.66. The highest BCUT2D eigenvalue weighted by molar-refractivity contribution is 7.07. The van der Waals surface area contributed by atoms with E-state index < -0.39 is 0 Å². The summed E-state index contributed by atoms with van der Waals surface area (Å²) >= 11 is 1.44. The van der Waals surface area contributed by atoms with Crippen molar-refractivity contribution < 1.29 is 9.53 Å². The SMILES string of the molecule is Cc1cc(CC[C@H]2CN(C(=O)c3cscn3)CCO2)ncn1. The molecule has 1 fully saturated rings. The molecule has 2 aromatic heterocycles. The Balaban J connectivity index is 1.55. The summed E-state index contributed by atoms with van der Waals surface area (Å²) < 4.78 is 5.77. The van der Waals surface area contributed by atoms with Crippen LogP contribution in [0.15, 0.2) is 23.3 Å². The van der Waals surface area contributed by atoms with Crippen LogP contribution in [0.3, 0.4) is 0 Å². The zero-order chi connectivity index (χ0) is 15.4. The number of thiazole rings is 1. The molecule has 0 N–H and O–H groups in total. The highest BCUT2D eigenvalue weighted by Gasteiger charge is 2.25. The molecule has 3 heterocycles. The summed E-state index contributed by atoms with van der Waals surface area (Å²) in [5, 5.41) is 1.79.